The third kappa shape index (κ3) is 7.13. The van der Waals surface area contributed by atoms with Crippen LogP contribution in [-0.2, 0) is 16.1 Å². The van der Waals surface area contributed by atoms with Crippen LogP contribution in [0.5, 0.6) is 0 Å². The Morgan fingerprint density at radius 2 is 2.15 bits per heavy atom. The molecule has 0 aromatic heterocycles. The maximum absolute atomic E-state index is 12.7. The molecule has 1 saturated heterocycles. The van der Waals surface area contributed by atoms with E-state index in [1.54, 1.807) is 0 Å². The molecule has 1 fully saturated rings. The first-order chi connectivity index (χ1) is 12.9. The first-order valence-electron chi connectivity index (χ1n) is 9.87. The predicted octanol–water partition coefficient (Wildman–Crippen LogP) is 3.43. The number of rotatable bonds is 8. The monoisotopic (exact) mass is 377 g/mol. The highest BCUT2D eigenvalue weighted by molar-refractivity contribution is 5.89. The molecule has 0 spiro atoms. The number of nitrogens with one attached hydrogen (secondary N) is 1. The van der Waals surface area contributed by atoms with Gasteiger partial charge in [-0.25, -0.2) is 4.79 Å². The van der Waals surface area contributed by atoms with Crippen LogP contribution in [-0.4, -0.2) is 68.4 Å². The van der Waals surface area contributed by atoms with E-state index >= 15 is 0 Å². The van der Waals surface area contributed by atoms with E-state index < -0.39 is 0 Å². The first-order valence-corrected chi connectivity index (χ1v) is 9.87. The van der Waals surface area contributed by atoms with Crippen molar-refractivity contribution in [1.82, 2.24) is 9.80 Å². The quantitative estimate of drug-likeness (QED) is 0.705. The van der Waals surface area contributed by atoms with Gasteiger partial charge in [-0.05, 0) is 57.5 Å². The lowest BCUT2D eigenvalue weighted by atomic mass is 9.93. The molecule has 0 saturated carbocycles. The number of benzene rings is 1. The summed E-state index contributed by atoms with van der Waals surface area (Å²) in [4.78, 5) is 16.8. The second kappa shape index (κ2) is 10.6. The Labute approximate surface area is 163 Å². The molecule has 0 unspecified atom stereocenters. The van der Waals surface area contributed by atoms with Crippen LogP contribution in [0.1, 0.15) is 32.8 Å². The predicted molar refractivity (Wildman–Crippen MR) is 109 cm³/mol. The number of likely N-dealkylation sites (tertiary alicyclic amines) is 1. The summed E-state index contributed by atoms with van der Waals surface area (Å²) < 4.78 is 11.1. The SMILES string of the molecule is CC(C)OCCOCc1cccc(NC(=O)N(C)[C@@H]2CCN(C)C[C@@H]2C)c1. The zero-order chi connectivity index (χ0) is 19.8. The molecule has 27 heavy (non-hydrogen) atoms. The third-order valence-corrected chi connectivity index (χ3v) is 5.01. The van der Waals surface area contributed by atoms with Gasteiger partial charge in [0, 0.05) is 25.3 Å². The van der Waals surface area contributed by atoms with Gasteiger partial charge in [0.05, 0.1) is 25.9 Å². The lowest BCUT2D eigenvalue weighted by Crippen LogP contribution is -2.50. The minimum atomic E-state index is -0.0557. The summed E-state index contributed by atoms with van der Waals surface area (Å²) in [5.74, 6) is 0.465. The maximum atomic E-state index is 12.7. The molecule has 1 aromatic carbocycles. The molecule has 6 nitrogen and oxygen atoms in total. The van der Waals surface area contributed by atoms with Crippen molar-refractivity contribution in [2.75, 3.05) is 45.7 Å². The lowest BCUT2D eigenvalue weighted by molar-refractivity contribution is 0.0143. The molecule has 1 aliphatic rings. The van der Waals surface area contributed by atoms with Crippen LogP contribution in [0.2, 0.25) is 0 Å². The second-order valence-corrected chi connectivity index (χ2v) is 7.81. The molecule has 2 atom stereocenters. The molecule has 0 aliphatic carbocycles. The number of urea groups is 1. The standard InChI is InChI=1S/C21H35N3O3/c1-16(2)27-12-11-26-15-18-7-6-8-19(13-18)22-21(25)24(5)20-9-10-23(4)14-17(20)3/h6-8,13,16-17,20H,9-12,14-15H2,1-5H3,(H,22,25)/t17-,20+/m0/s1. The number of piperidine rings is 1. The van der Waals surface area contributed by atoms with E-state index in [2.05, 4.69) is 24.2 Å². The van der Waals surface area contributed by atoms with Crippen molar-refractivity contribution in [3.63, 3.8) is 0 Å². The largest absolute Gasteiger partial charge is 0.376 e. The van der Waals surface area contributed by atoms with Gasteiger partial charge in [0.2, 0.25) is 0 Å². The van der Waals surface area contributed by atoms with Gasteiger partial charge in [-0.3, -0.25) is 0 Å². The number of hydrogen-bond acceptors (Lipinski definition) is 4. The Kier molecular flexibility index (Phi) is 8.54. The minimum Gasteiger partial charge on any atom is -0.376 e. The minimum absolute atomic E-state index is 0.0557. The molecular weight excluding hydrogens is 342 g/mol. The Morgan fingerprint density at radius 1 is 1.37 bits per heavy atom. The van der Waals surface area contributed by atoms with E-state index in [1.807, 2.05) is 50.1 Å². The van der Waals surface area contributed by atoms with E-state index in [-0.39, 0.29) is 18.2 Å². The number of carbonyl (C=O) groups excluding carboxylic acids is 1. The van der Waals surface area contributed by atoms with Crippen molar-refractivity contribution >= 4 is 11.7 Å². The zero-order valence-electron chi connectivity index (χ0n) is 17.4. The van der Waals surface area contributed by atoms with Crippen molar-refractivity contribution in [2.24, 2.45) is 5.92 Å². The highest BCUT2D eigenvalue weighted by Gasteiger charge is 2.29. The van der Waals surface area contributed by atoms with Crippen molar-refractivity contribution in [3.05, 3.63) is 29.8 Å². The topological polar surface area (TPSA) is 54.0 Å². The normalized spacial score (nSPS) is 20.7. The van der Waals surface area contributed by atoms with Crippen LogP contribution in [0, 0.1) is 5.92 Å². The van der Waals surface area contributed by atoms with Gasteiger partial charge in [-0.2, -0.15) is 0 Å². The Balaban J connectivity index is 1.83. The number of nitrogens with zero attached hydrogens (tertiary/aromatic N) is 2. The summed E-state index contributed by atoms with van der Waals surface area (Å²) in [6.07, 6.45) is 1.23. The Hall–Kier alpha value is -1.63. The highest BCUT2D eigenvalue weighted by Crippen LogP contribution is 2.21. The van der Waals surface area contributed by atoms with E-state index in [0.717, 1.165) is 30.8 Å². The highest BCUT2D eigenvalue weighted by atomic mass is 16.5. The smallest absolute Gasteiger partial charge is 0.321 e. The molecule has 2 rings (SSSR count). The summed E-state index contributed by atoms with van der Waals surface area (Å²) >= 11 is 0. The van der Waals surface area contributed by atoms with Crippen LogP contribution < -0.4 is 5.32 Å². The van der Waals surface area contributed by atoms with Crippen LogP contribution in [0.3, 0.4) is 0 Å². The van der Waals surface area contributed by atoms with Crippen LogP contribution in [0.15, 0.2) is 24.3 Å². The van der Waals surface area contributed by atoms with Gasteiger partial charge in [0.1, 0.15) is 0 Å². The van der Waals surface area contributed by atoms with Gasteiger partial charge < -0.3 is 24.6 Å². The van der Waals surface area contributed by atoms with Gasteiger partial charge >= 0.3 is 6.03 Å². The van der Waals surface area contributed by atoms with E-state index in [9.17, 15) is 4.79 Å². The number of amides is 2. The number of hydrogen-bond donors (Lipinski definition) is 1. The lowest BCUT2D eigenvalue weighted by Gasteiger charge is -2.39. The molecule has 0 bridgehead atoms. The van der Waals surface area contributed by atoms with Gasteiger partial charge in [-0.15, -0.1) is 0 Å². The summed E-state index contributed by atoms with van der Waals surface area (Å²) in [5, 5.41) is 3.02. The number of anilines is 1. The summed E-state index contributed by atoms with van der Waals surface area (Å²) in [7, 11) is 4.03. The summed E-state index contributed by atoms with van der Waals surface area (Å²) in [6, 6.07) is 8.04. The number of ether oxygens (including phenoxy) is 2. The first kappa shape index (κ1) is 21.7. The van der Waals surface area contributed by atoms with Gasteiger partial charge in [-0.1, -0.05) is 19.1 Å². The molecule has 1 aromatic rings. The molecule has 6 heteroatoms. The molecule has 2 amide bonds. The Morgan fingerprint density at radius 3 is 2.85 bits per heavy atom. The fraction of sp³-hybridized carbons (Fsp3) is 0.667. The van der Waals surface area contributed by atoms with Crippen molar-refractivity contribution in [3.8, 4) is 0 Å². The Bertz CT molecular complexity index is 594. The van der Waals surface area contributed by atoms with E-state index in [1.165, 1.54) is 0 Å². The molecular formula is C21H35N3O3. The maximum Gasteiger partial charge on any atom is 0.321 e. The average molecular weight is 378 g/mol. The molecule has 0 radical (unpaired) electrons. The van der Waals surface area contributed by atoms with Gasteiger partial charge in [0.15, 0.2) is 0 Å². The number of carbonyl (C=O) groups is 1. The van der Waals surface area contributed by atoms with E-state index in [4.69, 9.17) is 9.47 Å². The summed E-state index contributed by atoms with van der Waals surface area (Å²) in [6.45, 7) is 9.94. The van der Waals surface area contributed by atoms with E-state index in [0.29, 0.717) is 25.7 Å². The van der Waals surface area contributed by atoms with Crippen LogP contribution in [0.4, 0.5) is 10.5 Å². The third-order valence-electron chi connectivity index (χ3n) is 5.01. The molecule has 152 valence electrons. The molecule has 1 heterocycles. The average Bonchev–Trinajstić information content (AvgIpc) is 2.61. The van der Waals surface area contributed by atoms with Gasteiger partial charge in [0.25, 0.3) is 0 Å². The fourth-order valence-corrected chi connectivity index (χ4v) is 3.55. The molecule has 1 N–H and O–H groups in total. The van der Waals surface area contributed by atoms with Crippen molar-refractivity contribution in [1.29, 1.82) is 0 Å². The van der Waals surface area contributed by atoms with Crippen molar-refractivity contribution in [2.45, 2.75) is 45.9 Å². The molecule has 1 aliphatic heterocycles. The summed E-state index contributed by atoms with van der Waals surface area (Å²) in [5.41, 5.74) is 1.83. The van der Waals surface area contributed by atoms with Crippen LogP contribution >= 0.6 is 0 Å². The zero-order valence-corrected chi connectivity index (χ0v) is 17.4. The fourth-order valence-electron chi connectivity index (χ4n) is 3.55. The second-order valence-electron chi connectivity index (χ2n) is 7.81. The van der Waals surface area contributed by atoms with Crippen LogP contribution in [0.25, 0.3) is 0 Å². The van der Waals surface area contributed by atoms with Crippen molar-refractivity contribution < 1.29 is 14.3 Å².